The number of rotatable bonds is 34. The van der Waals surface area contributed by atoms with Crippen molar-refractivity contribution < 1.29 is 95.3 Å². The molecule has 2 saturated heterocycles. The highest BCUT2D eigenvalue weighted by Gasteiger charge is 2.60. The van der Waals surface area contributed by atoms with Crippen molar-refractivity contribution in [1.82, 2.24) is 29.7 Å². The number of aliphatic hydroxyl groups is 4. The molecule has 5 rings (SSSR count). The summed E-state index contributed by atoms with van der Waals surface area (Å²) in [5.41, 5.74) is -2.53. The van der Waals surface area contributed by atoms with Gasteiger partial charge in [0.25, 0.3) is 5.91 Å². The van der Waals surface area contributed by atoms with Gasteiger partial charge in [0.2, 0.25) is 30.2 Å². The lowest BCUT2D eigenvalue weighted by molar-refractivity contribution is -0.147. The van der Waals surface area contributed by atoms with Gasteiger partial charge in [-0.05, 0) is 38.3 Å². The highest BCUT2D eigenvalue weighted by Crippen LogP contribution is 2.44. The average Bonchev–Trinajstić information content (AvgIpc) is 3.87. The van der Waals surface area contributed by atoms with Crippen LogP contribution in [0.5, 0.6) is 0 Å². The number of esters is 1. The number of ether oxygens (including phenoxy) is 4. The number of thioether (sulfide) groups is 2. The molecule has 1 aliphatic carbocycles. The topological polar surface area (TPSA) is 372 Å². The Labute approximate surface area is 468 Å². The normalized spacial score (nSPS) is 23.3. The monoisotopic (exact) mass is 1190 g/mol. The number of hydrogen-bond donors (Lipinski definition) is 8. The number of amides is 4. The Balaban J connectivity index is 1.01. The van der Waals surface area contributed by atoms with E-state index in [1.165, 1.54) is 18.7 Å². The first kappa shape index (κ1) is 66.1. The average molecular weight is 1200 g/mol. The summed E-state index contributed by atoms with van der Waals surface area (Å²) in [5, 5.41) is 47.9. The van der Waals surface area contributed by atoms with E-state index >= 15 is 0 Å². The third kappa shape index (κ3) is 18.9. The molecule has 3 fully saturated rings. The number of nitrogens with one attached hydrogen (secondary N) is 4. The molecule has 32 heteroatoms. The smallest absolute Gasteiger partial charge is 0.351 e. The molecule has 0 aromatic carbocycles. The lowest BCUT2D eigenvalue weighted by atomic mass is 9.99. The molecule has 4 heterocycles. The quantitative estimate of drug-likeness (QED) is 0.0260. The number of Topliss-reactive ketones (excluding diaryl/α,β-unsaturated/α-hetero) is 3. The molecule has 26 nitrogen and oxygen atoms in total. The van der Waals surface area contributed by atoms with Gasteiger partial charge in [0.05, 0.1) is 38.8 Å². The van der Waals surface area contributed by atoms with E-state index in [2.05, 4.69) is 31.2 Å². The summed E-state index contributed by atoms with van der Waals surface area (Å²) >= 11 is 3.08. The second-order valence-electron chi connectivity index (χ2n) is 19.2. The number of halogens is 4. The van der Waals surface area contributed by atoms with E-state index in [-0.39, 0.29) is 117 Å². The van der Waals surface area contributed by atoms with Crippen molar-refractivity contribution in [2.75, 3.05) is 68.3 Å². The Morgan fingerprint density at radius 1 is 0.704 bits per heavy atom. The molecule has 2 aromatic heterocycles. The third-order valence-electron chi connectivity index (χ3n) is 13.2. The number of nitrogens with zero attached hydrogens (tertiary/aromatic N) is 4. The molecular weight excluding hydrogens is 1130 g/mol. The van der Waals surface area contributed by atoms with Crippen molar-refractivity contribution in [3.63, 3.8) is 0 Å². The molecule has 81 heavy (non-hydrogen) atoms. The van der Waals surface area contributed by atoms with E-state index < -0.39 is 121 Å². The first-order chi connectivity index (χ1) is 38.4. The first-order valence-electron chi connectivity index (χ1n) is 25.9. The Kier molecular flexibility index (Phi) is 25.3. The molecule has 0 spiro atoms. The van der Waals surface area contributed by atoms with Crippen LogP contribution in [0, 0.1) is 11.8 Å². The van der Waals surface area contributed by atoms with Crippen LogP contribution in [0.25, 0.3) is 0 Å². The van der Waals surface area contributed by atoms with Gasteiger partial charge in [0, 0.05) is 91.9 Å². The van der Waals surface area contributed by atoms with Gasteiger partial charge in [-0.1, -0.05) is 6.92 Å². The second kappa shape index (κ2) is 31.1. The number of alkyl halides is 4. The molecule has 8 N–H and O–H groups in total. The summed E-state index contributed by atoms with van der Waals surface area (Å²) in [7, 11) is 0. The first-order valence-corrected chi connectivity index (χ1v) is 28.0. The predicted molar refractivity (Wildman–Crippen MR) is 278 cm³/mol. The Morgan fingerprint density at radius 3 is 1.68 bits per heavy atom. The molecule has 10 atom stereocenters. The van der Waals surface area contributed by atoms with Crippen molar-refractivity contribution in [2.45, 2.75) is 137 Å². The van der Waals surface area contributed by atoms with Crippen molar-refractivity contribution >= 4 is 82.1 Å². The van der Waals surface area contributed by atoms with Gasteiger partial charge in [0.1, 0.15) is 41.2 Å². The zero-order chi connectivity index (χ0) is 59.6. The van der Waals surface area contributed by atoms with E-state index in [4.69, 9.17) is 18.9 Å². The molecule has 0 radical (unpaired) electrons. The van der Waals surface area contributed by atoms with Gasteiger partial charge >= 0.3 is 29.2 Å². The molecule has 2 aliphatic heterocycles. The number of ketones is 3. The summed E-state index contributed by atoms with van der Waals surface area (Å²) in [4.78, 5) is 133. The highest BCUT2D eigenvalue weighted by atomic mass is 32.2. The van der Waals surface area contributed by atoms with Crippen molar-refractivity contribution in [1.29, 1.82) is 0 Å². The van der Waals surface area contributed by atoms with Gasteiger partial charge in [-0.15, -0.1) is 0 Å². The maximum atomic E-state index is 14.5. The van der Waals surface area contributed by atoms with E-state index in [0.29, 0.717) is 21.3 Å². The van der Waals surface area contributed by atoms with Crippen LogP contribution in [0.15, 0.2) is 34.1 Å². The molecule has 450 valence electrons. The molecule has 4 unspecified atom stereocenters. The summed E-state index contributed by atoms with van der Waals surface area (Å²) < 4.78 is 79.0. The molecule has 1 saturated carbocycles. The van der Waals surface area contributed by atoms with E-state index in [1.807, 2.05) is 6.92 Å². The van der Waals surface area contributed by atoms with Gasteiger partial charge in [0.15, 0.2) is 18.8 Å². The lowest BCUT2D eigenvalue weighted by Gasteiger charge is -2.37. The highest BCUT2D eigenvalue weighted by molar-refractivity contribution is 8.04. The van der Waals surface area contributed by atoms with E-state index in [0.717, 1.165) is 37.4 Å². The Bertz CT molecular complexity index is 2670. The molecule has 0 bridgehead atoms. The molecule has 4 amide bonds. The van der Waals surface area contributed by atoms with Gasteiger partial charge in [-0.25, -0.2) is 9.59 Å². The van der Waals surface area contributed by atoms with Crippen LogP contribution < -0.4 is 32.6 Å². The van der Waals surface area contributed by atoms with E-state index in [1.54, 1.807) is 11.8 Å². The fourth-order valence-electron chi connectivity index (χ4n) is 8.23. The standard InChI is InChI=1S/C49H66F4N8O18S2/c1-3-27(42(72)55-15-9-39(69)77-23-38(68)57-36-11-17-61(47(75)59-36)45-49(52,53)41(71)32(22-63)79-45)24-80-33-5-6-34(33)81-25-28(20-30(66)13-19-76-18-12-26(2)64)43(73)54-14-8-29(65)4-7-37(67)56-35-10-16-60(46(74)58-35)44-48(50,51)40(70)31(21-62)78-44/h10-11,16-17,27-28,31-34,40-41,44-45,62-63,70-71H,3-9,12-15,18-25H2,1-2H3,(H,54,73)(H,55,72)(H,56,58,67,74)(H,57,59,68,75)/t27?,28?,31-,32-,33?,34?,40-,41-,44-,45-/m0/s1. The fraction of sp³-hybridized carbons (Fsp3) is 0.673. The SMILES string of the molecule is CCC(CSC1CCC1SCC(CC(=O)CCOCCC(C)=O)C(=O)NCCC(=O)CCC(=O)Nc1ccn([C@H]2O[C@@H](CO)[C@H](O)C2(F)F)c(=O)n1)C(=O)NCCC(=O)OCC(=O)Nc1ccn([C@H]2O[C@@H](CO)[C@H](O)C2(F)F)c(=O)n1. The van der Waals surface area contributed by atoms with Crippen LogP contribution in [-0.4, -0.2) is 191 Å². The zero-order valence-corrected chi connectivity index (χ0v) is 45.8. The van der Waals surface area contributed by atoms with Crippen molar-refractivity contribution in [3.8, 4) is 0 Å². The summed E-state index contributed by atoms with van der Waals surface area (Å²) in [5.74, 6) is -13.2. The number of carbonyl (C=O) groups is 8. The van der Waals surface area contributed by atoms with Crippen molar-refractivity contribution in [2.24, 2.45) is 11.8 Å². The number of aromatic nitrogens is 4. The summed E-state index contributed by atoms with van der Waals surface area (Å²) in [6, 6.07) is 2.02. The molecule has 3 aliphatic rings. The summed E-state index contributed by atoms with van der Waals surface area (Å²) in [6.45, 7) is 0.518. The molecule has 2 aromatic rings. The maximum absolute atomic E-state index is 14.5. The second-order valence-corrected chi connectivity index (χ2v) is 21.8. The third-order valence-corrected chi connectivity index (χ3v) is 16.5. The van der Waals surface area contributed by atoms with Crippen LogP contribution in [0.2, 0.25) is 0 Å². The van der Waals surface area contributed by atoms with Crippen LogP contribution in [0.3, 0.4) is 0 Å². The minimum Gasteiger partial charge on any atom is -0.456 e. The lowest BCUT2D eigenvalue weighted by Crippen LogP contribution is -2.41. The van der Waals surface area contributed by atoms with Crippen LogP contribution >= 0.6 is 23.5 Å². The summed E-state index contributed by atoms with van der Waals surface area (Å²) in [6.07, 6.45) is -9.88. The van der Waals surface area contributed by atoms with Crippen LogP contribution in [-0.2, 0) is 57.3 Å². The van der Waals surface area contributed by atoms with E-state index in [9.17, 15) is 85.9 Å². The van der Waals surface area contributed by atoms with Gasteiger partial charge < -0.3 is 60.6 Å². The Morgan fingerprint density at radius 2 is 1.20 bits per heavy atom. The van der Waals surface area contributed by atoms with Crippen molar-refractivity contribution in [3.05, 3.63) is 45.5 Å². The largest absolute Gasteiger partial charge is 0.456 e. The number of carbonyl (C=O) groups excluding carboxylic acids is 8. The number of anilines is 2. The molecular formula is C49H66F4N8O18S2. The minimum absolute atomic E-state index is 0.00303. The minimum atomic E-state index is -3.95. The Hall–Kier alpha value is -5.74. The maximum Gasteiger partial charge on any atom is 0.351 e. The predicted octanol–water partition coefficient (Wildman–Crippen LogP) is 0.0389. The van der Waals surface area contributed by atoms with Gasteiger partial charge in [-0.2, -0.15) is 51.1 Å². The number of aliphatic hydroxyl groups excluding tert-OH is 4. The fourth-order valence-corrected chi connectivity index (χ4v) is 11.6. The zero-order valence-electron chi connectivity index (χ0n) is 44.1. The van der Waals surface area contributed by atoms with Crippen LogP contribution in [0.1, 0.15) is 90.5 Å². The number of hydrogen-bond acceptors (Lipinski definition) is 22. The van der Waals surface area contributed by atoms with Gasteiger partial charge in [-0.3, -0.25) is 47.5 Å². The van der Waals surface area contributed by atoms with Crippen LogP contribution in [0.4, 0.5) is 29.2 Å².